The Morgan fingerprint density at radius 2 is 2.19 bits per heavy atom. The number of carbonyl (C=O) groups is 2. The van der Waals surface area contributed by atoms with Crippen LogP contribution >= 0.6 is 0 Å². The monoisotopic (exact) mass is 227 g/mol. The van der Waals surface area contributed by atoms with Crippen LogP contribution in [0.5, 0.6) is 0 Å². The molecule has 92 valence electrons. The van der Waals surface area contributed by atoms with Crippen LogP contribution in [0.25, 0.3) is 0 Å². The molecule has 0 spiro atoms. The van der Waals surface area contributed by atoms with Crippen molar-refractivity contribution in [3.8, 4) is 0 Å². The lowest BCUT2D eigenvalue weighted by molar-refractivity contribution is -0.126. The molecule has 1 atom stereocenters. The summed E-state index contributed by atoms with van der Waals surface area (Å²) in [6.07, 6.45) is 2.15. The Hall–Kier alpha value is -1.10. The fraction of sp³-hybridized carbons (Fsp3) is 0.818. The number of piperazine rings is 1. The van der Waals surface area contributed by atoms with Crippen LogP contribution in [0.15, 0.2) is 0 Å². The molecule has 1 heterocycles. The van der Waals surface area contributed by atoms with Gasteiger partial charge in [0.25, 0.3) is 0 Å². The summed E-state index contributed by atoms with van der Waals surface area (Å²) in [6, 6.07) is -0.285. The lowest BCUT2D eigenvalue weighted by Gasteiger charge is -2.24. The summed E-state index contributed by atoms with van der Waals surface area (Å²) in [5, 5.41) is 8.49. The van der Waals surface area contributed by atoms with Gasteiger partial charge in [-0.1, -0.05) is 26.7 Å². The topological polar surface area (TPSA) is 70.2 Å². The predicted molar refractivity (Wildman–Crippen MR) is 61.9 cm³/mol. The molecule has 1 aliphatic heterocycles. The van der Waals surface area contributed by atoms with Crippen molar-refractivity contribution in [2.75, 3.05) is 19.6 Å². The van der Waals surface area contributed by atoms with Gasteiger partial charge in [0.15, 0.2) is 0 Å². The van der Waals surface area contributed by atoms with Gasteiger partial charge in [-0.05, 0) is 5.92 Å². The molecule has 0 aliphatic carbocycles. The van der Waals surface area contributed by atoms with Crippen LogP contribution in [0.2, 0.25) is 0 Å². The second kappa shape index (κ2) is 6.48. The highest BCUT2D eigenvalue weighted by Gasteiger charge is 2.23. The molecule has 1 unspecified atom stereocenters. The molecular formula is C11H21N3O2. The number of nitrogens with one attached hydrogen (secondary N) is 3. The maximum Gasteiger partial charge on any atom is 0.238 e. The van der Waals surface area contributed by atoms with E-state index >= 15 is 0 Å². The van der Waals surface area contributed by atoms with E-state index < -0.39 is 0 Å². The SMILES string of the molecule is CCC(CC)CNC(=O)C1CNC(=O)CN1. The Morgan fingerprint density at radius 1 is 1.50 bits per heavy atom. The van der Waals surface area contributed by atoms with E-state index in [0.717, 1.165) is 19.4 Å². The average Bonchev–Trinajstić information content (AvgIpc) is 2.31. The number of carbonyl (C=O) groups excluding carboxylic acids is 2. The minimum absolute atomic E-state index is 0.0214. The zero-order valence-electron chi connectivity index (χ0n) is 10.0. The van der Waals surface area contributed by atoms with Gasteiger partial charge < -0.3 is 10.6 Å². The lowest BCUT2D eigenvalue weighted by atomic mass is 10.0. The molecule has 0 radical (unpaired) electrons. The summed E-state index contributed by atoms with van der Waals surface area (Å²) in [5.41, 5.74) is 0. The van der Waals surface area contributed by atoms with E-state index in [4.69, 9.17) is 0 Å². The normalized spacial score (nSPS) is 20.7. The smallest absolute Gasteiger partial charge is 0.238 e. The first-order valence-corrected chi connectivity index (χ1v) is 5.95. The molecular weight excluding hydrogens is 206 g/mol. The molecule has 0 aromatic carbocycles. The summed E-state index contributed by atoms with van der Waals surface area (Å²) < 4.78 is 0. The predicted octanol–water partition coefficient (Wildman–Crippen LogP) is -0.373. The Labute approximate surface area is 96.4 Å². The summed E-state index contributed by atoms with van der Waals surface area (Å²) in [7, 11) is 0. The molecule has 0 aromatic rings. The molecule has 16 heavy (non-hydrogen) atoms. The minimum Gasteiger partial charge on any atom is -0.354 e. The molecule has 2 amide bonds. The van der Waals surface area contributed by atoms with E-state index in [1.807, 2.05) is 0 Å². The molecule has 1 aliphatic rings. The van der Waals surface area contributed by atoms with Gasteiger partial charge in [-0.15, -0.1) is 0 Å². The zero-order chi connectivity index (χ0) is 12.0. The van der Waals surface area contributed by atoms with Crippen LogP contribution in [0.4, 0.5) is 0 Å². The van der Waals surface area contributed by atoms with Gasteiger partial charge >= 0.3 is 0 Å². The second-order valence-electron chi connectivity index (χ2n) is 4.17. The first-order valence-electron chi connectivity index (χ1n) is 5.95. The van der Waals surface area contributed by atoms with Crippen molar-refractivity contribution in [3.05, 3.63) is 0 Å². The van der Waals surface area contributed by atoms with Gasteiger partial charge in [0.2, 0.25) is 11.8 Å². The highest BCUT2D eigenvalue weighted by Crippen LogP contribution is 2.05. The third-order valence-corrected chi connectivity index (χ3v) is 3.05. The lowest BCUT2D eigenvalue weighted by Crippen LogP contribution is -2.58. The number of amides is 2. The fourth-order valence-electron chi connectivity index (χ4n) is 1.70. The minimum atomic E-state index is -0.285. The maximum atomic E-state index is 11.7. The highest BCUT2D eigenvalue weighted by atomic mass is 16.2. The van der Waals surface area contributed by atoms with E-state index in [9.17, 15) is 9.59 Å². The molecule has 0 saturated carbocycles. The zero-order valence-corrected chi connectivity index (χ0v) is 10.0. The van der Waals surface area contributed by atoms with E-state index in [0.29, 0.717) is 12.5 Å². The quantitative estimate of drug-likeness (QED) is 0.600. The molecule has 0 aromatic heterocycles. The largest absolute Gasteiger partial charge is 0.354 e. The summed E-state index contributed by atoms with van der Waals surface area (Å²) in [6.45, 7) is 5.58. The summed E-state index contributed by atoms with van der Waals surface area (Å²) in [4.78, 5) is 22.6. The van der Waals surface area contributed by atoms with Gasteiger partial charge in [-0.3, -0.25) is 14.9 Å². The van der Waals surface area contributed by atoms with Crippen molar-refractivity contribution in [2.45, 2.75) is 32.7 Å². The molecule has 1 rings (SSSR count). The first kappa shape index (κ1) is 13.0. The van der Waals surface area contributed by atoms with Crippen molar-refractivity contribution in [2.24, 2.45) is 5.92 Å². The van der Waals surface area contributed by atoms with Gasteiger partial charge in [0.05, 0.1) is 6.54 Å². The van der Waals surface area contributed by atoms with Gasteiger partial charge in [-0.2, -0.15) is 0 Å². The average molecular weight is 227 g/mol. The molecule has 0 bridgehead atoms. The number of hydrogen-bond acceptors (Lipinski definition) is 3. The van der Waals surface area contributed by atoms with Crippen LogP contribution in [-0.4, -0.2) is 37.5 Å². The van der Waals surface area contributed by atoms with Crippen molar-refractivity contribution >= 4 is 11.8 Å². The van der Waals surface area contributed by atoms with E-state index in [2.05, 4.69) is 29.8 Å². The van der Waals surface area contributed by atoms with E-state index in [-0.39, 0.29) is 24.4 Å². The van der Waals surface area contributed by atoms with Gasteiger partial charge in [0.1, 0.15) is 6.04 Å². The highest BCUT2D eigenvalue weighted by molar-refractivity contribution is 5.86. The third-order valence-electron chi connectivity index (χ3n) is 3.05. The molecule has 5 heteroatoms. The summed E-state index contributed by atoms with van der Waals surface area (Å²) >= 11 is 0. The molecule has 3 N–H and O–H groups in total. The maximum absolute atomic E-state index is 11.7. The Balaban J connectivity index is 2.27. The molecule has 1 saturated heterocycles. The van der Waals surface area contributed by atoms with E-state index in [1.165, 1.54) is 0 Å². The standard InChI is InChI=1S/C11H21N3O2/c1-3-8(4-2)5-14-11(16)9-6-13-10(15)7-12-9/h8-9,12H,3-7H2,1-2H3,(H,13,15)(H,14,16). The van der Waals surface area contributed by atoms with E-state index in [1.54, 1.807) is 0 Å². The Bertz CT molecular complexity index is 242. The van der Waals surface area contributed by atoms with Crippen LogP contribution in [0.3, 0.4) is 0 Å². The summed E-state index contributed by atoms with van der Waals surface area (Å²) in [5.74, 6) is 0.470. The van der Waals surface area contributed by atoms with Crippen molar-refractivity contribution in [1.29, 1.82) is 0 Å². The fourth-order valence-corrected chi connectivity index (χ4v) is 1.70. The second-order valence-corrected chi connectivity index (χ2v) is 4.17. The van der Waals surface area contributed by atoms with Crippen LogP contribution in [-0.2, 0) is 9.59 Å². The third kappa shape index (κ3) is 3.81. The first-order chi connectivity index (χ1) is 7.67. The van der Waals surface area contributed by atoms with Crippen molar-refractivity contribution in [1.82, 2.24) is 16.0 Å². The van der Waals surface area contributed by atoms with Crippen LogP contribution in [0.1, 0.15) is 26.7 Å². The van der Waals surface area contributed by atoms with Crippen molar-refractivity contribution < 1.29 is 9.59 Å². The number of rotatable bonds is 5. The van der Waals surface area contributed by atoms with Crippen LogP contribution < -0.4 is 16.0 Å². The Kier molecular flexibility index (Phi) is 5.25. The van der Waals surface area contributed by atoms with Gasteiger partial charge in [-0.25, -0.2) is 0 Å². The Morgan fingerprint density at radius 3 is 2.69 bits per heavy atom. The molecule has 5 nitrogen and oxygen atoms in total. The van der Waals surface area contributed by atoms with Crippen LogP contribution in [0, 0.1) is 5.92 Å². The van der Waals surface area contributed by atoms with Crippen molar-refractivity contribution in [3.63, 3.8) is 0 Å². The van der Waals surface area contributed by atoms with Gasteiger partial charge in [0, 0.05) is 13.1 Å². The number of hydrogen-bond donors (Lipinski definition) is 3. The molecule has 1 fully saturated rings.